The molecule has 2 atom stereocenters. The van der Waals surface area contributed by atoms with Crippen molar-refractivity contribution in [3.63, 3.8) is 0 Å². The van der Waals surface area contributed by atoms with Gasteiger partial charge in [-0.25, -0.2) is 0 Å². The minimum atomic E-state index is 0.382. The van der Waals surface area contributed by atoms with Crippen molar-refractivity contribution in [2.24, 2.45) is 11.5 Å². The summed E-state index contributed by atoms with van der Waals surface area (Å²) in [6.45, 7) is 4.25. The zero-order chi connectivity index (χ0) is 11.5. The summed E-state index contributed by atoms with van der Waals surface area (Å²) in [5.74, 6) is 0. The van der Waals surface area contributed by atoms with Gasteiger partial charge in [-0.3, -0.25) is 0 Å². The first kappa shape index (κ1) is 14.9. The summed E-state index contributed by atoms with van der Waals surface area (Å²) in [6, 6.07) is 0.815. The van der Waals surface area contributed by atoms with Crippen LogP contribution in [0.5, 0.6) is 0 Å². The lowest BCUT2D eigenvalue weighted by Gasteiger charge is -2.08. The van der Waals surface area contributed by atoms with Crippen LogP contribution < -0.4 is 11.5 Å². The summed E-state index contributed by atoms with van der Waals surface area (Å²) in [4.78, 5) is 0. The van der Waals surface area contributed by atoms with Gasteiger partial charge in [0.1, 0.15) is 0 Å². The Balaban J connectivity index is 2.99. The molecule has 0 aliphatic carbocycles. The van der Waals surface area contributed by atoms with Gasteiger partial charge < -0.3 is 11.5 Å². The fraction of sp³-hybridized carbons (Fsp3) is 1.00. The van der Waals surface area contributed by atoms with Gasteiger partial charge in [-0.1, -0.05) is 45.4 Å². The van der Waals surface area contributed by atoms with Crippen LogP contribution in [-0.4, -0.2) is 12.1 Å². The molecule has 0 bridgehead atoms. The van der Waals surface area contributed by atoms with Crippen LogP contribution >= 0.6 is 0 Å². The first-order valence-corrected chi connectivity index (χ1v) is 6.68. The quantitative estimate of drug-likeness (QED) is 0.549. The molecule has 0 aliphatic heterocycles. The van der Waals surface area contributed by atoms with Gasteiger partial charge in [-0.2, -0.15) is 0 Å². The lowest BCUT2D eigenvalue weighted by atomic mass is 10.0. The summed E-state index contributed by atoms with van der Waals surface area (Å²) in [5.41, 5.74) is 11.5. The highest BCUT2D eigenvalue weighted by Crippen LogP contribution is 2.10. The van der Waals surface area contributed by atoms with E-state index in [0.29, 0.717) is 12.1 Å². The molecule has 0 spiro atoms. The predicted octanol–water partition coefficient (Wildman–Crippen LogP) is 3.19. The monoisotopic (exact) mass is 214 g/mol. The normalized spacial score (nSPS) is 15.2. The van der Waals surface area contributed by atoms with E-state index in [4.69, 9.17) is 11.5 Å². The summed E-state index contributed by atoms with van der Waals surface area (Å²) in [6.07, 6.45) is 11.6. The number of rotatable bonds is 10. The molecule has 0 amide bonds. The van der Waals surface area contributed by atoms with Crippen LogP contribution in [0.4, 0.5) is 0 Å². The maximum Gasteiger partial charge on any atom is 0.00362 e. The summed E-state index contributed by atoms with van der Waals surface area (Å²) in [5, 5.41) is 0. The minimum Gasteiger partial charge on any atom is -0.328 e. The van der Waals surface area contributed by atoms with Crippen LogP contribution in [0.2, 0.25) is 0 Å². The Morgan fingerprint density at radius 2 is 1.27 bits per heavy atom. The van der Waals surface area contributed by atoms with Crippen molar-refractivity contribution >= 4 is 0 Å². The van der Waals surface area contributed by atoms with Gasteiger partial charge in [-0.15, -0.1) is 0 Å². The van der Waals surface area contributed by atoms with Crippen LogP contribution in [0.25, 0.3) is 0 Å². The van der Waals surface area contributed by atoms with Crippen molar-refractivity contribution in [2.75, 3.05) is 0 Å². The molecule has 92 valence electrons. The van der Waals surface area contributed by atoms with E-state index in [0.717, 1.165) is 6.42 Å². The topological polar surface area (TPSA) is 52.0 Å². The molecule has 0 aromatic rings. The van der Waals surface area contributed by atoms with Crippen molar-refractivity contribution in [3.05, 3.63) is 0 Å². The second-order valence-electron chi connectivity index (χ2n) is 4.84. The van der Waals surface area contributed by atoms with Gasteiger partial charge in [0.05, 0.1) is 0 Å². The largest absolute Gasteiger partial charge is 0.328 e. The highest BCUT2D eigenvalue weighted by atomic mass is 14.6. The molecule has 0 aromatic heterocycles. The van der Waals surface area contributed by atoms with Gasteiger partial charge in [-0.05, 0) is 26.2 Å². The third-order valence-electron chi connectivity index (χ3n) is 3.01. The summed E-state index contributed by atoms with van der Waals surface area (Å²) < 4.78 is 0. The van der Waals surface area contributed by atoms with Crippen molar-refractivity contribution in [1.29, 1.82) is 0 Å². The Morgan fingerprint density at radius 3 is 1.73 bits per heavy atom. The Morgan fingerprint density at radius 1 is 0.800 bits per heavy atom. The van der Waals surface area contributed by atoms with Crippen molar-refractivity contribution in [1.82, 2.24) is 0 Å². The SMILES string of the molecule is CCC(N)CCCCCCCCC(C)N. The van der Waals surface area contributed by atoms with Crippen molar-refractivity contribution in [2.45, 2.75) is 83.7 Å². The van der Waals surface area contributed by atoms with Gasteiger partial charge in [0, 0.05) is 12.1 Å². The first-order chi connectivity index (χ1) is 7.16. The molecule has 0 heterocycles. The molecule has 2 unspecified atom stereocenters. The molecule has 0 fully saturated rings. The Labute approximate surface area is 95.8 Å². The maximum atomic E-state index is 5.85. The third-order valence-corrected chi connectivity index (χ3v) is 3.01. The predicted molar refractivity (Wildman–Crippen MR) is 68.9 cm³/mol. The molecule has 15 heavy (non-hydrogen) atoms. The maximum absolute atomic E-state index is 5.85. The molecular weight excluding hydrogens is 184 g/mol. The van der Waals surface area contributed by atoms with Crippen molar-refractivity contribution < 1.29 is 0 Å². The van der Waals surface area contributed by atoms with Crippen LogP contribution in [-0.2, 0) is 0 Å². The van der Waals surface area contributed by atoms with Gasteiger partial charge in [0.2, 0.25) is 0 Å². The van der Waals surface area contributed by atoms with E-state index in [1.807, 2.05) is 0 Å². The molecule has 0 aliphatic rings. The Bertz CT molecular complexity index is 124. The molecule has 0 aromatic carbocycles. The van der Waals surface area contributed by atoms with Crippen LogP contribution in [0.15, 0.2) is 0 Å². The molecule has 4 N–H and O–H groups in total. The highest BCUT2D eigenvalue weighted by molar-refractivity contribution is 4.58. The fourth-order valence-electron chi connectivity index (χ4n) is 1.78. The smallest absolute Gasteiger partial charge is 0.00362 e. The van der Waals surface area contributed by atoms with E-state index < -0.39 is 0 Å². The second kappa shape index (κ2) is 10.4. The van der Waals surface area contributed by atoms with Crippen LogP contribution in [0.3, 0.4) is 0 Å². The molecule has 0 radical (unpaired) electrons. The summed E-state index contributed by atoms with van der Waals surface area (Å²) in [7, 11) is 0. The fourth-order valence-corrected chi connectivity index (χ4v) is 1.78. The van der Waals surface area contributed by atoms with Crippen molar-refractivity contribution in [3.8, 4) is 0 Å². The number of unbranched alkanes of at least 4 members (excludes halogenated alkanes) is 5. The summed E-state index contributed by atoms with van der Waals surface area (Å²) >= 11 is 0. The lowest BCUT2D eigenvalue weighted by molar-refractivity contribution is 0.512. The molecule has 2 nitrogen and oxygen atoms in total. The second-order valence-corrected chi connectivity index (χ2v) is 4.84. The molecule has 0 saturated heterocycles. The Kier molecular flexibility index (Phi) is 10.4. The average Bonchev–Trinajstić information content (AvgIpc) is 2.21. The molecule has 0 rings (SSSR count). The third kappa shape index (κ3) is 11.8. The molecule has 0 saturated carbocycles. The van der Waals surface area contributed by atoms with Crippen LogP contribution in [0.1, 0.15) is 71.6 Å². The van der Waals surface area contributed by atoms with E-state index in [2.05, 4.69) is 13.8 Å². The number of hydrogen-bond acceptors (Lipinski definition) is 2. The zero-order valence-corrected chi connectivity index (χ0v) is 10.7. The molecule has 2 heteroatoms. The van der Waals surface area contributed by atoms with E-state index in [9.17, 15) is 0 Å². The van der Waals surface area contributed by atoms with E-state index in [-0.39, 0.29) is 0 Å². The van der Waals surface area contributed by atoms with Gasteiger partial charge >= 0.3 is 0 Å². The van der Waals surface area contributed by atoms with E-state index >= 15 is 0 Å². The standard InChI is InChI=1S/C13H30N2/c1-3-13(15)11-9-7-5-4-6-8-10-12(2)14/h12-13H,3-11,14-15H2,1-2H3. The number of hydrogen-bond donors (Lipinski definition) is 2. The average molecular weight is 214 g/mol. The lowest BCUT2D eigenvalue weighted by Crippen LogP contribution is -2.17. The Hall–Kier alpha value is -0.0800. The minimum absolute atomic E-state index is 0.382. The first-order valence-electron chi connectivity index (χ1n) is 6.68. The van der Waals surface area contributed by atoms with Gasteiger partial charge in [0.15, 0.2) is 0 Å². The van der Waals surface area contributed by atoms with Gasteiger partial charge in [0.25, 0.3) is 0 Å². The van der Waals surface area contributed by atoms with E-state index in [1.165, 1.54) is 51.4 Å². The van der Waals surface area contributed by atoms with E-state index in [1.54, 1.807) is 0 Å². The highest BCUT2D eigenvalue weighted by Gasteiger charge is 1.98. The number of nitrogens with two attached hydrogens (primary N) is 2. The van der Waals surface area contributed by atoms with Crippen LogP contribution in [0, 0.1) is 0 Å². The zero-order valence-electron chi connectivity index (χ0n) is 10.7. The molecular formula is C13H30N2.